The van der Waals surface area contributed by atoms with Gasteiger partial charge in [0.25, 0.3) is 5.56 Å². The van der Waals surface area contributed by atoms with Gasteiger partial charge in [-0.15, -0.1) is 0 Å². The number of aromatic nitrogens is 2. The molecule has 0 aliphatic rings. The van der Waals surface area contributed by atoms with Gasteiger partial charge in [-0.3, -0.25) is 4.79 Å². The van der Waals surface area contributed by atoms with Crippen molar-refractivity contribution >= 4 is 5.69 Å². The van der Waals surface area contributed by atoms with Gasteiger partial charge in [-0.05, 0) is 6.07 Å². The molecule has 5 nitrogen and oxygen atoms in total. The molecule has 0 aliphatic carbocycles. The van der Waals surface area contributed by atoms with Crippen LogP contribution in [0.1, 0.15) is 5.56 Å². The van der Waals surface area contributed by atoms with Crippen LogP contribution in [0, 0.1) is 5.82 Å². The van der Waals surface area contributed by atoms with Crippen molar-refractivity contribution in [2.75, 3.05) is 19.5 Å². The van der Waals surface area contributed by atoms with Crippen LogP contribution in [0.2, 0.25) is 0 Å². The van der Waals surface area contributed by atoms with Crippen molar-refractivity contribution in [3.8, 4) is 5.75 Å². The van der Waals surface area contributed by atoms with Crippen LogP contribution >= 0.6 is 0 Å². The Morgan fingerprint density at radius 1 is 1.47 bits per heavy atom. The Hall–Kier alpha value is -2.37. The maximum Gasteiger partial charge on any atom is 0.269 e. The molecule has 1 N–H and O–H groups in total. The minimum atomic E-state index is -0.476. The van der Waals surface area contributed by atoms with E-state index in [0.29, 0.717) is 11.3 Å². The SMILES string of the molecule is CNc1cnn(Cc2cccc(OC)c2F)c(=O)c1. The molecule has 0 radical (unpaired) electrons. The minimum absolute atomic E-state index is 0.0614. The quantitative estimate of drug-likeness (QED) is 0.907. The molecule has 0 aliphatic heterocycles. The average molecular weight is 263 g/mol. The first kappa shape index (κ1) is 13.1. The van der Waals surface area contributed by atoms with E-state index < -0.39 is 5.82 Å². The maximum atomic E-state index is 14.0. The summed E-state index contributed by atoms with van der Waals surface area (Å²) in [5.74, 6) is -0.325. The van der Waals surface area contributed by atoms with Crippen molar-refractivity contribution in [2.45, 2.75) is 6.54 Å². The molecule has 1 heterocycles. The van der Waals surface area contributed by atoms with Crippen LogP contribution in [-0.4, -0.2) is 23.9 Å². The maximum absolute atomic E-state index is 14.0. The van der Waals surface area contributed by atoms with Gasteiger partial charge in [-0.25, -0.2) is 9.07 Å². The Morgan fingerprint density at radius 2 is 2.26 bits per heavy atom. The third-order valence-electron chi connectivity index (χ3n) is 2.74. The van der Waals surface area contributed by atoms with Crippen molar-refractivity contribution in [3.05, 3.63) is 52.2 Å². The fourth-order valence-electron chi connectivity index (χ4n) is 1.69. The van der Waals surface area contributed by atoms with Crippen LogP contribution in [0.5, 0.6) is 5.75 Å². The van der Waals surface area contributed by atoms with Crippen LogP contribution in [-0.2, 0) is 6.54 Å². The molecule has 0 saturated heterocycles. The fourth-order valence-corrected chi connectivity index (χ4v) is 1.69. The first-order valence-electron chi connectivity index (χ1n) is 5.72. The first-order chi connectivity index (χ1) is 9.15. The van der Waals surface area contributed by atoms with E-state index in [4.69, 9.17) is 4.74 Å². The number of halogens is 1. The number of benzene rings is 1. The lowest BCUT2D eigenvalue weighted by Crippen LogP contribution is -2.23. The molecule has 0 atom stereocenters. The van der Waals surface area contributed by atoms with Gasteiger partial charge >= 0.3 is 0 Å². The molecule has 100 valence electrons. The zero-order valence-corrected chi connectivity index (χ0v) is 10.7. The molecule has 6 heteroatoms. The second-order valence-corrected chi connectivity index (χ2v) is 3.92. The van der Waals surface area contributed by atoms with E-state index in [1.54, 1.807) is 19.2 Å². The Labute approximate surface area is 109 Å². The van der Waals surface area contributed by atoms with E-state index >= 15 is 0 Å². The molecule has 19 heavy (non-hydrogen) atoms. The van der Waals surface area contributed by atoms with Gasteiger partial charge < -0.3 is 10.1 Å². The summed E-state index contributed by atoms with van der Waals surface area (Å²) in [6.07, 6.45) is 1.51. The molecule has 0 saturated carbocycles. The minimum Gasteiger partial charge on any atom is -0.494 e. The number of nitrogens with zero attached hydrogens (tertiary/aromatic N) is 2. The van der Waals surface area contributed by atoms with E-state index in [9.17, 15) is 9.18 Å². The molecule has 0 amide bonds. The summed E-state index contributed by atoms with van der Waals surface area (Å²) in [4.78, 5) is 11.8. The number of ether oxygens (including phenoxy) is 1. The topological polar surface area (TPSA) is 56.1 Å². The molecule has 1 aromatic heterocycles. The monoisotopic (exact) mass is 263 g/mol. The lowest BCUT2D eigenvalue weighted by Gasteiger charge is -2.09. The number of hydrogen-bond donors (Lipinski definition) is 1. The van der Waals surface area contributed by atoms with E-state index in [2.05, 4.69) is 10.4 Å². The largest absolute Gasteiger partial charge is 0.494 e. The normalized spacial score (nSPS) is 10.3. The molecule has 2 rings (SSSR count). The Bertz CT molecular complexity index is 640. The molecule has 1 aromatic carbocycles. The molecular weight excluding hydrogens is 249 g/mol. The van der Waals surface area contributed by atoms with Crippen LogP contribution < -0.4 is 15.6 Å². The van der Waals surface area contributed by atoms with Crippen LogP contribution in [0.4, 0.5) is 10.1 Å². The van der Waals surface area contributed by atoms with Crippen LogP contribution in [0.3, 0.4) is 0 Å². The van der Waals surface area contributed by atoms with Gasteiger partial charge in [0.2, 0.25) is 0 Å². The summed E-state index contributed by atoms with van der Waals surface area (Å²) < 4.78 is 20.0. The molecule has 0 bridgehead atoms. The van der Waals surface area contributed by atoms with Gasteiger partial charge in [0.1, 0.15) is 0 Å². The van der Waals surface area contributed by atoms with Gasteiger partial charge in [0, 0.05) is 18.7 Å². The molecule has 0 unspecified atom stereocenters. The highest BCUT2D eigenvalue weighted by Crippen LogP contribution is 2.20. The summed E-state index contributed by atoms with van der Waals surface area (Å²) in [6.45, 7) is 0.0614. The van der Waals surface area contributed by atoms with Crippen molar-refractivity contribution in [2.24, 2.45) is 0 Å². The Balaban J connectivity index is 2.34. The van der Waals surface area contributed by atoms with Crippen LogP contribution in [0.25, 0.3) is 0 Å². The third-order valence-corrected chi connectivity index (χ3v) is 2.74. The number of hydrogen-bond acceptors (Lipinski definition) is 4. The standard InChI is InChI=1S/C13H14FN3O2/c1-15-10-6-12(18)17(16-7-10)8-9-4-3-5-11(19-2)13(9)14/h3-7,15H,8H2,1-2H3. The van der Waals surface area contributed by atoms with Crippen molar-refractivity contribution in [1.29, 1.82) is 0 Å². The zero-order chi connectivity index (χ0) is 13.8. The fraction of sp³-hybridized carbons (Fsp3) is 0.231. The highest BCUT2D eigenvalue weighted by atomic mass is 19.1. The number of nitrogens with one attached hydrogen (secondary N) is 1. The summed E-state index contributed by atoms with van der Waals surface area (Å²) in [5.41, 5.74) is 0.674. The number of methoxy groups -OCH3 is 1. The highest BCUT2D eigenvalue weighted by molar-refractivity contribution is 5.38. The van der Waals surface area contributed by atoms with E-state index in [1.807, 2.05) is 0 Å². The highest BCUT2D eigenvalue weighted by Gasteiger charge is 2.10. The van der Waals surface area contributed by atoms with Crippen molar-refractivity contribution in [3.63, 3.8) is 0 Å². The summed E-state index contributed by atoms with van der Waals surface area (Å²) in [5, 5.41) is 6.79. The molecule has 0 spiro atoms. The van der Waals surface area contributed by atoms with Crippen LogP contribution in [0.15, 0.2) is 35.3 Å². The van der Waals surface area contributed by atoms with E-state index in [-0.39, 0.29) is 17.9 Å². The van der Waals surface area contributed by atoms with Crippen molar-refractivity contribution in [1.82, 2.24) is 9.78 Å². The third kappa shape index (κ3) is 2.73. The molecule has 0 fully saturated rings. The van der Waals surface area contributed by atoms with Gasteiger partial charge in [0.15, 0.2) is 11.6 Å². The lowest BCUT2D eigenvalue weighted by atomic mass is 10.2. The molecular formula is C13H14FN3O2. The number of anilines is 1. The smallest absolute Gasteiger partial charge is 0.269 e. The second-order valence-electron chi connectivity index (χ2n) is 3.92. The first-order valence-corrected chi connectivity index (χ1v) is 5.72. The van der Waals surface area contributed by atoms with Gasteiger partial charge in [-0.2, -0.15) is 5.10 Å². The van der Waals surface area contributed by atoms with Crippen molar-refractivity contribution < 1.29 is 9.13 Å². The Kier molecular flexibility index (Phi) is 3.79. The number of rotatable bonds is 4. The summed E-state index contributed by atoms with van der Waals surface area (Å²) >= 11 is 0. The van der Waals surface area contributed by atoms with E-state index in [1.165, 1.54) is 30.1 Å². The Morgan fingerprint density at radius 3 is 2.89 bits per heavy atom. The van der Waals surface area contributed by atoms with Gasteiger partial charge in [-0.1, -0.05) is 12.1 Å². The lowest BCUT2D eigenvalue weighted by molar-refractivity contribution is 0.383. The van der Waals surface area contributed by atoms with Gasteiger partial charge in [0.05, 0.1) is 25.5 Å². The summed E-state index contributed by atoms with van der Waals surface area (Å²) in [6, 6.07) is 6.20. The van der Waals surface area contributed by atoms with E-state index in [0.717, 1.165) is 0 Å². The zero-order valence-electron chi connectivity index (χ0n) is 10.7. The predicted octanol–water partition coefficient (Wildman–Crippen LogP) is 1.48. The average Bonchev–Trinajstić information content (AvgIpc) is 2.43. The predicted molar refractivity (Wildman–Crippen MR) is 70.1 cm³/mol. The second kappa shape index (κ2) is 5.51. The molecule has 2 aromatic rings. The summed E-state index contributed by atoms with van der Waals surface area (Å²) in [7, 11) is 3.09.